The number of hydrogen-bond donors (Lipinski definition) is 1. The lowest BCUT2D eigenvalue weighted by Gasteiger charge is -2.27. The maximum Gasteiger partial charge on any atom is 0.268 e. The lowest BCUT2D eigenvalue weighted by atomic mass is 10.0. The fraction of sp³-hybridized carbons (Fsp3) is 0.320. The highest BCUT2D eigenvalue weighted by atomic mass is 19.1. The molecule has 1 fully saturated rings. The molecule has 1 N–H and O–H groups in total. The zero-order valence-electron chi connectivity index (χ0n) is 19.3. The highest BCUT2D eigenvalue weighted by molar-refractivity contribution is 6.03. The number of amides is 1. The van der Waals surface area contributed by atoms with Crippen LogP contribution in [0.4, 0.5) is 4.39 Å². The number of nitrogens with zero attached hydrogens (tertiary/aromatic N) is 3. The van der Waals surface area contributed by atoms with Gasteiger partial charge < -0.3 is 14.8 Å². The van der Waals surface area contributed by atoms with Crippen molar-refractivity contribution in [3.63, 3.8) is 0 Å². The summed E-state index contributed by atoms with van der Waals surface area (Å²) in [5.74, 6) is -0.799. The minimum atomic E-state index is -0.594. The maximum absolute atomic E-state index is 13.5. The topological polar surface area (TPSA) is 85.7 Å². The van der Waals surface area contributed by atoms with Gasteiger partial charge in [0.25, 0.3) is 11.5 Å². The van der Waals surface area contributed by atoms with Gasteiger partial charge in [-0.15, -0.1) is 0 Å². The predicted octanol–water partition coefficient (Wildman–Crippen LogP) is 2.81. The molecule has 178 valence electrons. The number of fused-ring (bicyclic) bond motifs is 1. The third-order valence-corrected chi connectivity index (χ3v) is 5.73. The molecule has 0 atom stereocenters. The van der Waals surface area contributed by atoms with E-state index in [0.717, 1.165) is 18.7 Å². The minimum Gasteiger partial charge on any atom is -0.495 e. The van der Waals surface area contributed by atoms with Gasteiger partial charge in [-0.3, -0.25) is 19.1 Å². The van der Waals surface area contributed by atoms with Gasteiger partial charge in [0.15, 0.2) is 0 Å². The van der Waals surface area contributed by atoms with Crippen molar-refractivity contribution in [3.05, 3.63) is 70.5 Å². The Balaban J connectivity index is 1.87. The van der Waals surface area contributed by atoms with Crippen LogP contribution in [0.1, 0.15) is 17.3 Å². The van der Waals surface area contributed by atoms with Crippen molar-refractivity contribution in [2.75, 3.05) is 40.0 Å². The molecule has 1 aromatic carbocycles. The molecule has 1 aliphatic rings. The summed E-state index contributed by atoms with van der Waals surface area (Å²) in [7, 11) is 1.41. The average molecular weight is 467 g/mol. The summed E-state index contributed by atoms with van der Waals surface area (Å²) in [5, 5.41) is 3.12. The predicted molar refractivity (Wildman–Crippen MR) is 127 cm³/mol. The lowest BCUT2D eigenvalue weighted by molar-refractivity contribution is 0.0364. The van der Waals surface area contributed by atoms with E-state index in [1.165, 1.54) is 23.8 Å². The third-order valence-electron chi connectivity index (χ3n) is 5.73. The first-order chi connectivity index (χ1) is 16.4. The Morgan fingerprint density at radius 1 is 1.21 bits per heavy atom. The Morgan fingerprint density at radius 2 is 1.91 bits per heavy atom. The van der Waals surface area contributed by atoms with E-state index in [0.29, 0.717) is 48.6 Å². The van der Waals surface area contributed by atoms with Crippen molar-refractivity contribution in [1.29, 1.82) is 0 Å². The van der Waals surface area contributed by atoms with Gasteiger partial charge in [-0.05, 0) is 30.7 Å². The number of aromatic nitrogens is 2. The normalized spacial score (nSPS) is 14.2. The molecule has 0 aliphatic carbocycles. The van der Waals surface area contributed by atoms with Crippen molar-refractivity contribution < 1.29 is 18.7 Å². The molecule has 0 radical (unpaired) electrons. The van der Waals surface area contributed by atoms with Crippen LogP contribution in [0.3, 0.4) is 0 Å². The number of ether oxygens (including phenoxy) is 2. The molecule has 34 heavy (non-hydrogen) atoms. The number of carbonyl (C=O) groups is 1. The fourth-order valence-corrected chi connectivity index (χ4v) is 4.05. The first kappa shape index (κ1) is 23.6. The number of allylic oxidation sites excluding steroid dienone is 1. The SMILES string of the molecule is C=C(C)NC(=O)c1c(OC)c2cc(-c3ccc(F)cc3)cnc2n(CCN2CCOCC2)c1=O. The van der Waals surface area contributed by atoms with E-state index in [1.807, 2.05) is 0 Å². The Kier molecular flexibility index (Phi) is 7.04. The minimum absolute atomic E-state index is 0.113. The molecule has 1 aliphatic heterocycles. The lowest BCUT2D eigenvalue weighted by Crippen LogP contribution is -2.40. The Morgan fingerprint density at radius 3 is 2.56 bits per heavy atom. The quantitative estimate of drug-likeness (QED) is 0.577. The number of carbonyl (C=O) groups excluding carboxylic acids is 1. The highest BCUT2D eigenvalue weighted by Crippen LogP contribution is 2.30. The first-order valence-corrected chi connectivity index (χ1v) is 11.0. The number of halogens is 1. The van der Waals surface area contributed by atoms with Gasteiger partial charge in [-0.2, -0.15) is 0 Å². The van der Waals surface area contributed by atoms with Crippen molar-refractivity contribution in [3.8, 4) is 16.9 Å². The van der Waals surface area contributed by atoms with Crippen LogP contribution < -0.4 is 15.6 Å². The molecule has 1 saturated heterocycles. The van der Waals surface area contributed by atoms with Gasteiger partial charge in [0.1, 0.15) is 22.8 Å². The molecule has 1 amide bonds. The van der Waals surface area contributed by atoms with Gasteiger partial charge in [-0.25, -0.2) is 9.37 Å². The standard InChI is InChI=1S/C25H27FN4O4/c1-16(2)28-24(31)21-22(33-3)20-14-18(17-4-6-19(26)7-5-17)15-27-23(20)30(25(21)32)9-8-29-10-12-34-13-11-29/h4-7,14-15H,1,8-13H2,2-3H3,(H,28,31). The zero-order valence-corrected chi connectivity index (χ0v) is 19.3. The summed E-state index contributed by atoms with van der Waals surface area (Å²) in [5.41, 5.74) is 1.67. The van der Waals surface area contributed by atoms with Gasteiger partial charge in [0.05, 0.1) is 25.7 Å². The summed E-state index contributed by atoms with van der Waals surface area (Å²) in [6.07, 6.45) is 1.63. The largest absolute Gasteiger partial charge is 0.495 e. The molecule has 3 heterocycles. The number of benzene rings is 1. The second kappa shape index (κ2) is 10.1. The number of morpholine rings is 1. The Hall–Kier alpha value is -3.56. The van der Waals surface area contributed by atoms with E-state index in [-0.39, 0.29) is 17.1 Å². The first-order valence-electron chi connectivity index (χ1n) is 11.0. The molecule has 3 aromatic rings. The Labute approximate surface area is 196 Å². The molecule has 0 spiro atoms. The third kappa shape index (κ3) is 4.85. The van der Waals surface area contributed by atoms with Gasteiger partial charge in [-0.1, -0.05) is 18.7 Å². The van der Waals surface area contributed by atoms with E-state index in [4.69, 9.17) is 9.47 Å². The van der Waals surface area contributed by atoms with E-state index in [9.17, 15) is 14.0 Å². The molecule has 0 bridgehead atoms. The van der Waals surface area contributed by atoms with Crippen LogP contribution in [0, 0.1) is 5.82 Å². The number of nitrogens with one attached hydrogen (secondary N) is 1. The van der Waals surface area contributed by atoms with Crippen molar-refractivity contribution >= 4 is 16.9 Å². The van der Waals surface area contributed by atoms with Gasteiger partial charge >= 0.3 is 0 Å². The number of rotatable bonds is 7. The van der Waals surface area contributed by atoms with Crippen LogP contribution in [0.25, 0.3) is 22.2 Å². The summed E-state index contributed by atoms with van der Waals surface area (Å²) in [4.78, 5) is 33.3. The van der Waals surface area contributed by atoms with Gasteiger partial charge in [0, 0.05) is 43.6 Å². The second-order valence-corrected chi connectivity index (χ2v) is 8.16. The zero-order chi connectivity index (χ0) is 24.2. The van der Waals surface area contributed by atoms with Crippen LogP contribution in [0.15, 0.2) is 53.6 Å². The Bertz CT molecular complexity index is 1280. The molecule has 2 aromatic heterocycles. The molecular formula is C25H27FN4O4. The smallest absolute Gasteiger partial charge is 0.268 e. The van der Waals surface area contributed by atoms with Crippen LogP contribution in [-0.4, -0.2) is 60.3 Å². The second-order valence-electron chi connectivity index (χ2n) is 8.16. The van der Waals surface area contributed by atoms with Crippen LogP contribution >= 0.6 is 0 Å². The molecular weight excluding hydrogens is 439 g/mol. The van der Waals surface area contributed by atoms with E-state index >= 15 is 0 Å². The van der Waals surface area contributed by atoms with Crippen LogP contribution in [-0.2, 0) is 11.3 Å². The molecule has 4 rings (SSSR count). The average Bonchev–Trinajstić information content (AvgIpc) is 2.83. The maximum atomic E-state index is 13.5. The molecule has 8 nitrogen and oxygen atoms in total. The molecule has 0 saturated carbocycles. The number of hydrogen-bond acceptors (Lipinski definition) is 6. The number of pyridine rings is 2. The van der Waals surface area contributed by atoms with Crippen molar-refractivity contribution in [2.24, 2.45) is 0 Å². The van der Waals surface area contributed by atoms with Crippen molar-refractivity contribution in [1.82, 2.24) is 19.8 Å². The molecule has 0 unspecified atom stereocenters. The summed E-state index contributed by atoms with van der Waals surface area (Å²) in [6.45, 7) is 9.12. The monoisotopic (exact) mass is 466 g/mol. The summed E-state index contributed by atoms with van der Waals surface area (Å²) in [6, 6.07) is 7.83. The van der Waals surface area contributed by atoms with Gasteiger partial charge in [0.2, 0.25) is 0 Å². The molecule has 9 heteroatoms. The van der Waals surface area contributed by atoms with E-state index < -0.39 is 11.5 Å². The summed E-state index contributed by atoms with van der Waals surface area (Å²) < 4.78 is 25.9. The summed E-state index contributed by atoms with van der Waals surface area (Å²) >= 11 is 0. The van der Waals surface area contributed by atoms with Crippen LogP contribution in [0.5, 0.6) is 5.75 Å². The fourth-order valence-electron chi connectivity index (χ4n) is 4.05. The van der Waals surface area contributed by atoms with E-state index in [1.54, 1.807) is 31.3 Å². The number of methoxy groups -OCH3 is 1. The van der Waals surface area contributed by atoms with E-state index in [2.05, 4.69) is 21.8 Å². The van der Waals surface area contributed by atoms with Crippen molar-refractivity contribution in [2.45, 2.75) is 13.5 Å². The van der Waals surface area contributed by atoms with Crippen LogP contribution in [0.2, 0.25) is 0 Å². The highest BCUT2D eigenvalue weighted by Gasteiger charge is 2.25.